The van der Waals surface area contributed by atoms with Gasteiger partial charge in [-0.15, -0.1) is 6.58 Å². The summed E-state index contributed by atoms with van der Waals surface area (Å²) in [6.45, 7) is 3.58. The van der Waals surface area contributed by atoms with Crippen LogP contribution in [0.25, 0.3) is 0 Å². The number of aryl methyl sites for hydroxylation is 1. The maximum absolute atomic E-state index is 9.42. The summed E-state index contributed by atoms with van der Waals surface area (Å²) >= 11 is 0. The molecule has 0 radical (unpaired) electrons. The lowest BCUT2D eigenvalue weighted by Gasteiger charge is -2.06. The first-order valence-electron chi connectivity index (χ1n) is 4.51. The summed E-state index contributed by atoms with van der Waals surface area (Å²) < 4.78 is 0. The van der Waals surface area contributed by atoms with Crippen molar-refractivity contribution in [1.82, 2.24) is 4.98 Å². The van der Waals surface area contributed by atoms with Gasteiger partial charge >= 0.3 is 0 Å². The normalized spacial score (nSPS) is 12.4. The minimum atomic E-state index is -0.266. The monoisotopic (exact) mass is 177 g/mol. The summed E-state index contributed by atoms with van der Waals surface area (Å²) in [6.07, 6.45) is 7.39. The van der Waals surface area contributed by atoms with Gasteiger partial charge in [0.05, 0.1) is 6.10 Å². The molecule has 13 heavy (non-hydrogen) atoms. The summed E-state index contributed by atoms with van der Waals surface area (Å²) in [4.78, 5) is 4.01. The number of rotatable bonds is 5. The largest absolute Gasteiger partial charge is 0.393 e. The summed E-state index contributed by atoms with van der Waals surface area (Å²) in [5, 5.41) is 9.42. The molecule has 70 valence electrons. The molecule has 1 N–H and O–H groups in total. The Bertz CT molecular complexity index is 246. The van der Waals surface area contributed by atoms with Gasteiger partial charge in [0.2, 0.25) is 0 Å². The smallest absolute Gasteiger partial charge is 0.0577 e. The van der Waals surface area contributed by atoms with E-state index in [-0.39, 0.29) is 6.10 Å². The molecule has 0 unspecified atom stereocenters. The first-order chi connectivity index (χ1) is 6.33. The lowest BCUT2D eigenvalue weighted by molar-refractivity contribution is 0.168. The summed E-state index contributed by atoms with van der Waals surface area (Å²) in [5.74, 6) is 0. The molecule has 0 saturated heterocycles. The second-order valence-electron chi connectivity index (χ2n) is 3.08. The molecule has 1 aromatic heterocycles. The van der Waals surface area contributed by atoms with Gasteiger partial charge in [0.15, 0.2) is 0 Å². The van der Waals surface area contributed by atoms with E-state index >= 15 is 0 Å². The van der Waals surface area contributed by atoms with E-state index in [9.17, 15) is 5.11 Å². The van der Waals surface area contributed by atoms with E-state index < -0.39 is 0 Å². The number of aliphatic hydroxyl groups is 1. The van der Waals surface area contributed by atoms with Gasteiger partial charge in [-0.1, -0.05) is 12.1 Å². The molecular weight excluding hydrogens is 162 g/mol. The van der Waals surface area contributed by atoms with E-state index in [2.05, 4.69) is 11.6 Å². The fourth-order valence-electron chi connectivity index (χ4n) is 1.19. The Balaban J connectivity index is 2.30. The van der Waals surface area contributed by atoms with Gasteiger partial charge in [-0.25, -0.2) is 0 Å². The standard InChI is InChI=1S/C11H15NO/c1-2-4-11(13)7-6-10-5-3-8-12-9-10/h2-3,5,8-9,11,13H,1,4,6-7H2/t11-/m1/s1. The molecule has 1 aromatic rings. The van der Waals surface area contributed by atoms with Crippen molar-refractivity contribution in [3.63, 3.8) is 0 Å². The van der Waals surface area contributed by atoms with Gasteiger partial charge in [-0.2, -0.15) is 0 Å². The van der Waals surface area contributed by atoms with Gasteiger partial charge in [0.25, 0.3) is 0 Å². The highest BCUT2D eigenvalue weighted by Crippen LogP contribution is 2.05. The van der Waals surface area contributed by atoms with Crippen LogP contribution in [0.5, 0.6) is 0 Å². The van der Waals surface area contributed by atoms with Crippen LogP contribution in [0.4, 0.5) is 0 Å². The quantitative estimate of drug-likeness (QED) is 0.697. The zero-order valence-corrected chi connectivity index (χ0v) is 7.69. The number of aromatic nitrogens is 1. The molecular formula is C11H15NO. The predicted molar refractivity (Wildman–Crippen MR) is 53.4 cm³/mol. The second kappa shape index (κ2) is 5.49. The van der Waals surface area contributed by atoms with Crippen LogP contribution in [0.3, 0.4) is 0 Å². The van der Waals surface area contributed by atoms with Crippen LogP contribution in [-0.4, -0.2) is 16.2 Å². The summed E-state index contributed by atoms with van der Waals surface area (Å²) in [6, 6.07) is 3.93. The molecule has 2 heteroatoms. The SMILES string of the molecule is C=CC[C@@H](O)CCc1cccnc1. The topological polar surface area (TPSA) is 33.1 Å². The minimum absolute atomic E-state index is 0.266. The van der Waals surface area contributed by atoms with E-state index in [1.807, 2.05) is 18.3 Å². The first-order valence-corrected chi connectivity index (χ1v) is 4.51. The van der Waals surface area contributed by atoms with Crippen molar-refractivity contribution < 1.29 is 5.11 Å². The van der Waals surface area contributed by atoms with Gasteiger partial charge < -0.3 is 5.11 Å². The van der Waals surface area contributed by atoms with Crippen LogP contribution in [-0.2, 0) is 6.42 Å². The molecule has 0 aliphatic heterocycles. The van der Waals surface area contributed by atoms with Crippen molar-refractivity contribution in [2.45, 2.75) is 25.4 Å². The van der Waals surface area contributed by atoms with Gasteiger partial charge in [0.1, 0.15) is 0 Å². The minimum Gasteiger partial charge on any atom is -0.393 e. The second-order valence-corrected chi connectivity index (χ2v) is 3.08. The maximum atomic E-state index is 9.42. The van der Waals surface area contributed by atoms with Crippen LogP contribution in [0, 0.1) is 0 Å². The fraction of sp³-hybridized carbons (Fsp3) is 0.364. The molecule has 0 aliphatic carbocycles. The molecule has 0 amide bonds. The molecule has 0 bridgehead atoms. The molecule has 1 atom stereocenters. The summed E-state index contributed by atoms with van der Waals surface area (Å²) in [5.41, 5.74) is 1.17. The highest BCUT2D eigenvalue weighted by atomic mass is 16.3. The van der Waals surface area contributed by atoms with E-state index in [4.69, 9.17) is 0 Å². The molecule has 0 aliphatic rings. The van der Waals surface area contributed by atoms with Crippen LogP contribution >= 0.6 is 0 Å². The molecule has 0 aromatic carbocycles. The lowest BCUT2D eigenvalue weighted by Crippen LogP contribution is -2.06. The van der Waals surface area contributed by atoms with Crippen molar-refractivity contribution >= 4 is 0 Å². The van der Waals surface area contributed by atoms with E-state index in [0.29, 0.717) is 6.42 Å². The highest BCUT2D eigenvalue weighted by Gasteiger charge is 2.01. The van der Waals surface area contributed by atoms with Gasteiger partial charge in [-0.05, 0) is 30.9 Å². The lowest BCUT2D eigenvalue weighted by atomic mass is 10.1. The Hall–Kier alpha value is -1.15. The van der Waals surface area contributed by atoms with Gasteiger partial charge in [-0.3, -0.25) is 4.98 Å². The number of aliphatic hydroxyl groups excluding tert-OH is 1. The Labute approximate surface area is 78.9 Å². The third kappa shape index (κ3) is 3.85. The van der Waals surface area contributed by atoms with Crippen LogP contribution in [0.1, 0.15) is 18.4 Å². The molecule has 2 nitrogen and oxygen atoms in total. The third-order valence-electron chi connectivity index (χ3n) is 1.93. The number of nitrogens with zero attached hydrogens (tertiary/aromatic N) is 1. The highest BCUT2D eigenvalue weighted by molar-refractivity contribution is 5.08. The zero-order chi connectivity index (χ0) is 9.52. The van der Waals surface area contributed by atoms with E-state index in [1.165, 1.54) is 5.56 Å². The van der Waals surface area contributed by atoms with E-state index in [0.717, 1.165) is 12.8 Å². The number of hydrogen-bond donors (Lipinski definition) is 1. The average Bonchev–Trinajstić information content (AvgIpc) is 2.17. The molecule has 1 heterocycles. The van der Waals surface area contributed by atoms with Crippen molar-refractivity contribution in [1.29, 1.82) is 0 Å². The van der Waals surface area contributed by atoms with Gasteiger partial charge in [0, 0.05) is 12.4 Å². The maximum Gasteiger partial charge on any atom is 0.0577 e. The first kappa shape index (κ1) is 9.93. The van der Waals surface area contributed by atoms with Crippen molar-refractivity contribution in [2.75, 3.05) is 0 Å². The molecule has 0 fully saturated rings. The predicted octanol–water partition coefficient (Wildman–Crippen LogP) is 1.95. The Morgan fingerprint density at radius 2 is 2.46 bits per heavy atom. The third-order valence-corrected chi connectivity index (χ3v) is 1.93. The van der Waals surface area contributed by atoms with Crippen molar-refractivity contribution in [2.24, 2.45) is 0 Å². The Morgan fingerprint density at radius 1 is 1.62 bits per heavy atom. The average molecular weight is 177 g/mol. The number of hydrogen-bond acceptors (Lipinski definition) is 2. The van der Waals surface area contributed by atoms with Crippen LogP contribution in [0.15, 0.2) is 37.2 Å². The molecule has 0 saturated carbocycles. The van der Waals surface area contributed by atoms with Crippen molar-refractivity contribution in [3.8, 4) is 0 Å². The van der Waals surface area contributed by atoms with Crippen LogP contribution < -0.4 is 0 Å². The summed E-state index contributed by atoms with van der Waals surface area (Å²) in [7, 11) is 0. The fourth-order valence-corrected chi connectivity index (χ4v) is 1.19. The van der Waals surface area contributed by atoms with E-state index in [1.54, 1.807) is 12.3 Å². The van der Waals surface area contributed by atoms with Crippen molar-refractivity contribution in [3.05, 3.63) is 42.7 Å². The Kier molecular flexibility index (Phi) is 4.19. The number of pyridine rings is 1. The van der Waals surface area contributed by atoms with Crippen LogP contribution in [0.2, 0.25) is 0 Å². The molecule has 1 rings (SSSR count). The molecule has 0 spiro atoms. The Morgan fingerprint density at radius 3 is 3.08 bits per heavy atom. The zero-order valence-electron chi connectivity index (χ0n) is 7.69.